The Morgan fingerprint density at radius 2 is 1.82 bits per heavy atom. The average Bonchev–Trinajstić information content (AvgIpc) is 2.56. The van der Waals surface area contributed by atoms with Crippen LogP contribution in [0.15, 0.2) is 35.2 Å². The number of sulfone groups is 1. The van der Waals surface area contributed by atoms with E-state index in [2.05, 4.69) is 0 Å². The van der Waals surface area contributed by atoms with Crippen LogP contribution in [0.25, 0.3) is 0 Å². The first-order valence-electron chi connectivity index (χ1n) is 5.90. The molecule has 0 amide bonds. The Hall–Kier alpha value is -0.870. The summed E-state index contributed by atoms with van der Waals surface area (Å²) in [6, 6.07) is 8.32. The molecule has 0 saturated heterocycles. The minimum Gasteiger partial charge on any atom is -0.326 e. The van der Waals surface area contributed by atoms with Crippen LogP contribution in [-0.4, -0.2) is 19.7 Å². The van der Waals surface area contributed by atoms with E-state index in [0.29, 0.717) is 11.3 Å². The molecular formula is C13H19NO2S. The molecule has 0 heterocycles. The zero-order chi connectivity index (χ0) is 12.7. The topological polar surface area (TPSA) is 60.2 Å². The second kappa shape index (κ2) is 4.10. The Bertz CT molecular complexity index is 493. The van der Waals surface area contributed by atoms with E-state index in [1.54, 1.807) is 24.3 Å². The van der Waals surface area contributed by atoms with Gasteiger partial charge in [0.05, 0.1) is 10.1 Å². The van der Waals surface area contributed by atoms with E-state index in [9.17, 15) is 8.42 Å². The van der Waals surface area contributed by atoms with Crippen molar-refractivity contribution in [2.75, 3.05) is 0 Å². The highest BCUT2D eigenvalue weighted by Gasteiger charge is 2.46. The fourth-order valence-electron chi connectivity index (χ4n) is 2.50. The lowest BCUT2D eigenvalue weighted by molar-refractivity contribution is 0.332. The lowest BCUT2D eigenvalue weighted by Crippen LogP contribution is -2.43. The van der Waals surface area contributed by atoms with Crippen molar-refractivity contribution < 1.29 is 8.42 Å². The summed E-state index contributed by atoms with van der Waals surface area (Å²) in [5.74, 6) is 0. The van der Waals surface area contributed by atoms with Gasteiger partial charge in [-0.15, -0.1) is 0 Å². The Balaban J connectivity index is 2.36. The molecule has 2 unspecified atom stereocenters. The normalized spacial score (nSPS) is 28.2. The molecule has 2 rings (SSSR count). The summed E-state index contributed by atoms with van der Waals surface area (Å²) in [4.78, 5) is 0.387. The third-order valence-electron chi connectivity index (χ3n) is 3.85. The molecular weight excluding hydrogens is 234 g/mol. The Morgan fingerprint density at radius 3 is 2.29 bits per heavy atom. The predicted molar refractivity (Wildman–Crippen MR) is 68.4 cm³/mol. The Labute approximate surface area is 103 Å². The second-order valence-electron chi connectivity index (χ2n) is 5.45. The molecule has 0 radical (unpaired) electrons. The van der Waals surface area contributed by atoms with Crippen molar-refractivity contribution in [3.63, 3.8) is 0 Å². The van der Waals surface area contributed by atoms with Crippen molar-refractivity contribution in [2.45, 2.75) is 42.9 Å². The van der Waals surface area contributed by atoms with Gasteiger partial charge < -0.3 is 5.73 Å². The summed E-state index contributed by atoms with van der Waals surface area (Å²) in [5, 5.41) is -0.445. The van der Waals surface area contributed by atoms with Gasteiger partial charge in [-0.2, -0.15) is 0 Å². The van der Waals surface area contributed by atoms with Gasteiger partial charge in [0, 0.05) is 6.04 Å². The van der Waals surface area contributed by atoms with E-state index in [4.69, 9.17) is 5.73 Å². The zero-order valence-electron chi connectivity index (χ0n) is 10.3. The average molecular weight is 253 g/mol. The highest BCUT2D eigenvalue weighted by Crippen LogP contribution is 2.40. The van der Waals surface area contributed by atoms with E-state index >= 15 is 0 Å². The third kappa shape index (κ3) is 2.11. The van der Waals surface area contributed by atoms with Crippen LogP contribution in [0.2, 0.25) is 0 Å². The van der Waals surface area contributed by atoms with Crippen LogP contribution in [-0.2, 0) is 9.84 Å². The van der Waals surface area contributed by atoms with Crippen molar-refractivity contribution in [2.24, 2.45) is 11.1 Å². The summed E-state index contributed by atoms with van der Waals surface area (Å²) < 4.78 is 24.9. The van der Waals surface area contributed by atoms with Crippen LogP contribution in [0, 0.1) is 5.41 Å². The van der Waals surface area contributed by atoms with Gasteiger partial charge in [-0.05, 0) is 30.4 Å². The Kier molecular flexibility index (Phi) is 3.04. The van der Waals surface area contributed by atoms with E-state index in [1.807, 2.05) is 19.9 Å². The van der Waals surface area contributed by atoms with E-state index < -0.39 is 15.1 Å². The molecule has 94 valence electrons. The van der Waals surface area contributed by atoms with Crippen molar-refractivity contribution >= 4 is 9.84 Å². The minimum absolute atomic E-state index is 0.0908. The summed E-state index contributed by atoms with van der Waals surface area (Å²) in [5.41, 5.74) is 6.01. The molecule has 4 heteroatoms. The fourth-order valence-corrected chi connectivity index (χ4v) is 4.57. The maximum absolute atomic E-state index is 12.5. The summed E-state index contributed by atoms with van der Waals surface area (Å²) in [6.07, 6.45) is 1.52. The SMILES string of the molecule is CC1(C)CCC(S(=O)(=O)c2ccccc2)C1N. The molecule has 2 N–H and O–H groups in total. The molecule has 1 aromatic carbocycles. The van der Waals surface area contributed by atoms with Gasteiger partial charge in [-0.25, -0.2) is 8.42 Å². The molecule has 1 saturated carbocycles. The van der Waals surface area contributed by atoms with E-state index in [0.717, 1.165) is 6.42 Å². The number of hydrogen-bond acceptors (Lipinski definition) is 3. The summed E-state index contributed by atoms with van der Waals surface area (Å²) >= 11 is 0. The first kappa shape index (κ1) is 12.6. The van der Waals surface area contributed by atoms with Gasteiger partial charge in [0.15, 0.2) is 9.84 Å². The maximum Gasteiger partial charge on any atom is 0.182 e. The third-order valence-corrected chi connectivity index (χ3v) is 6.10. The second-order valence-corrected chi connectivity index (χ2v) is 7.62. The van der Waals surface area contributed by atoms with Crippen LogP contribution in [0.5, 0.6) is 0 Å². The molecule has 2 atom stereocenters. The first-order valence-corrected chi connectivity index (χ1v) is 7.45. The van der Waals surface area contributed by atoms with Crippen LogP contribution in [0.1, 0.15) is 26.7 Å². The number of benzene rings is 1. The van der Waals surface area contributed by atoms with Gasteiger partial charge in [0.2, 0.25) is 0 Å². The maximum atomic E-state index is 12.5. The molecule has 0 aromatic heterocycles. The van der Waals surface area contributed by atoms with E-state index in [1.165, 1.54) is 0 Å². The predicted octanol–water partition coefficient (Wildman–Crippen LogP) is 1.98. The van der Waals surface area contributed by atoms with Gasteiger partial charge >= 0.3 is 0 Å². The van der Waals surface area contributed by atoms with Crippen molar-refractivity contribution in [1.29, 1.82) is 0 Å². The van der Waals surface area contributed by atoms with Gasteiger partial charge in [0.25, 0.3) is 0 Å². The van der Waals surface area contributed by atoms with Crippen LogP contribution in [0.4, 0.5) is 0 Å². The lowest BCUT2D eigenvalue weighted by Gasteiger charge is -2.26. The molecule has 1 aliphatic carbocycles. The molecule has 0 bridgehead atoms. The summed E-state index contributed by atoms with van der Waals surface area (Å²) in [7, 11) is -3.28. The molecule has 1 fully saturated rings. The monoisotopic (exact) mass is 253 g/mol. The van der Waals surface area contributed by atoms with Crippen molar-refractivity contribution in [3.8, 4) is 0 Å². The molecule has 1 aromatic rings. The largest absolute Gasteiger partial charge is 0.326 e. The van der Waals surface area contributed by atoms with Crippen LogP contribution >= 0.6 is 0 Å². The number of rotatable bonds is 2. The molecule has 1 aliphatic rings. The van der Waals surface area contributed by atoms with Gasteiger partial charge in [-0.3, -0.25) is 0 Å². The molecule has 17 heavy (non-hydrogen) atoms. The first-order chi connectivity index (χ1) is 7.86. The quantitative estimate of drug-likeness (QED) is 0.876. The van der Waals surface area contributed by atoms with Crippen LogP contribution in [0.3, 0.4) is 0 Å². The smallest absolute Gasteiger partial charge is 0.182 e. The molecule has 0 aliphatic heterocycles. The number of hydrogen-bond donors (Lipinski definition) is 1. The highest BCUT2D eigenvalue weighted by molar-refractivity contribution is 7.92. The standard InChI is InChI=1S/C13H19NO2S/c1-13(2)9-8-11(12(13)14)17(15,16)10-6-4-3-5-7-10/h3-7,11-12H,8-9,14H2,1-2H3. The van der Waals surface area contributed by atoms with Crippen molar-refractivity contribution in [3.05, 3.63) is 30.3 Å². The minimum atomic E-state index is -3.28. The highest BCUT2D eigenvalue weighted by atomic mass is 32.2. The Morgan fingerprint density at radius 1 is 1.24 bits per heavy atom. The van der Waals surface area contributed by atoms with Crippen LogP contribution < -0.4 is 5.73 Å². The summed E-state index contributed by atoms with van der Waals surface area (Å²) in [6.45, 7) is 4.08. The zero-order valence-corrected chi connectivity index (χ0v) is 11.1. The lowest BCUT2D eigenvalue weighted by atomic mass is 9.88. The molecule has 3 nitrogen and oxygen atoms in total. The van der Waals surface area contributed by atoms with Gasteiger partial charge in [-0.1, -0.05) is 32.0 Å². The van der Waals surface area contributed by atoms with E-state index in [-0.39, 0.29) is 11.5 Å². The molecule has 0 spiro atoms. The van der Waals surface area contributed by atoms with Gasteiger partial charge in [0.1, 0.15) is 0 Å². The fraction of sp³-hybridized carbons (Fsp3) is 0.538. The number of nitrogens with two attached hydrogens (primary N) is 1. The van der Waals surface area contributed by atoms with Crippen molar-refractivity contribution in [1.82, 2.24) is 0 Å².